The predicted molar refractivity (Wildman–Crippen MR) is 124 cm³/mol. The monoisotopic (exact) mass is 429 g/mol. The molecule has 1 aromatic heterocycles. The van der Waals surface area contributed by atoms with Crippen molar-refractivity contribution in [1.82, 2.24) is 10.3 Å². The van der Waals surface area contributed by atoms with Crippen LogP contribution in [0.1, 0.15) is 17.3 Å². The van der Waals surface area contributed by atoms with Gasteiger partial charge in [-0.3, -0.25) is 9.78 Å². The van der Waals surface area contributed by atoms with Crippen molar-refractivity contribution >= 4 is 52.4 Å². The molecule has 0 aliphatic carbocycles. The van der Waals surface area contributed by atoms with Gasteiger partial charge in [-0.1, -0.05) is 37.3 Å². The molecule has 3 aromatic rings. The minimum absolute atomic E-state index is 0. The van der Waals surface area contributed by atoms with E-state index in [1.807, 2.05) is 36.4 Å². The first kappa shape index (κ1) is 22.6. The van der Waals surface area contributed by atoms with Gasteiger partial charge in [0, 0.05) is 23.0 Å². The lowest BCUT2D eigenvalue weighted by molar-refractivity contribution is 0.0958. The van der Waals surface area contributed by atoms with E-state index >= 15 is 0 Å². The highest BCUT2D eigenvalue weighted by Crippen LogP contribution is 2.36. The number of carbonyl (C=O) groups is 1. The molecular formula is C22H24ClN3O2S. The number of ether oxygens (including phenoxy) is 1. The number of amides is 1. The van der Waals surface area contributed by atoms with Crippen molar-refractivity contribution in [2.45, 2.75) is 11.8 Å². The fourth-order valence-corrected chi connectivity index (χ4v) is 3.67. The molecule has 0 unspecified atom stereocenters. The SMILES string of the molecule is C=CCNC(=O)c1cnc2c(OC)cccc2c1Nc1ccccc1SCC.Cl. The Bertz CT molecular complexity index is 1010. The van der Waals surface area contributed by atoms with Crippen LogP contribution in [0.5, 0.6) is 5.75 Å². The number of nitrogens with zero attached hydrogens (tertiary/aromatic N) is 1. The summed E-state index contributed by atoms with van der Waals surface area (Å²) >= 11 is 1.75. The third-order valence-corrected chi connectivity index (χ3v) is 5.13. The molecular weight excluding hydrogens is 406 g/mol. The van der Waals surface area contributed by atoms with Gasteiger partial charge in [0.25, 0.3) is 5.91 Å². The topological polar surface area (TPSA) is 63.2 Å². The Morgan fingerprint density at radius 1 is 1.24 bits per heavy atom. The van der Waals surface area contributed by atoms with Crippen LogP contribution in [0.25, 0.3) is 10.9 Å². The maximum absolute atomic E-state index is 12.7. The number of halogens is 1. The minimum Gasteiger partial charge on any atom is -0.494 e. The molecule has 0 fully saturated rings. The number of thioether (sulfide) groups is 1. The average Bonchev–Trinajstić information content (AvgIpc) is 2.73. The van der Waals surface area contributed by atoms with Crippen molar-refractivity contribution < 1.29 is 9.53 Å². The molecule has 0 atom stereocenters. The van der Waals surface area contributed by atoms with Crippen molar-refractivity contribution in [2.75, 3.05) is 24.7 Å². The minimum atomic E-state index is -0.208. The fourth-order valence-electron chi connectivity index (χ4n) is 2.91. The molecule has 5 nitrogen and oxygen atoms in total. The molecule has 3 rings (SSSR count). The molecule has 29 heavy (non-hydrogen) atoms. The number of anilines is 2. The summed E-state index contributed by atoms with van der Waals surface area (Å²) in [5, 5.41) is 7.13. The summed E-state index contributed by atoms with van der Waals surface area (Å²) in [6.45, 7) is 6.15. The summed E-state index contributed by atoms with van der Waals surface area (Å²) in [5.74, 6) is 1.41. The van der Waals surface area contributed by atoms with Gasteiger partial charge in [-0.25, -0.2) is 0 Å². The highest BCUT2D eigenvalue weighted by atomic mass is 35.5. The molecule has 0 bridgehead atoms. The molecule has 0 saturated heterocycles. The summed E-state index contributed by atoms with van der Waals surface area (Å²) in [5.41, 5.74) is 2.82. The van der Waals surface area contributed by atoms with E-state index in [-0.39, 0.29) is 18.3 Å². The molecule has 0 aliphatic rings. The van der Waals surface area contributed by atoms with E-state index in [1.165, 1.54) is 0 Å². The quantitative estimate of drug-likeness (QED) is 0.369. The second-order valence-corrected chi connectivity index (χ2v) is 7.26. The van der Waals surface area contributed by atoms with E-state index in [4.69, 9.17) is 4.74 Å². The highest BCUT2D eigenvalue weighted by Gasteiger charge is 2.18. The number of methoxy groups -OCH3 is 1. The first-order valence-electron chi connectivity index (χ1n) is 9.03. The van der Waals surface area contributed by atoms with Crippen LogP contribution in [0.2, 0.25) is 0 Å². The van der Waals surface area contributed by atoms with Crippen molar-refractivity contribution in [1.29, 1.82) is 0 Å². The highest BCUT2D eigenvalue weighted by molar-refractivity contribution is 7.99. The van der Waals surface area contributed by atoms with E-state index in [2.05, 4.69) is 35.2 Å². The predicted octanol–water partition coefficient (Wildman–Crippen LogP) is 5.44. The molecule has 2 aromatic carbocycles. The summed E-state index contributed by atoms with van der Waals surface area (Å²) < 4.78 is 5.45. The molecule has 2 N–H and O–H groups in total. The number of pyridine rings is 1. The van der Waals surface area contributed by atoms with Crippen LogP contribution in [0, 0.1) is 0 Å². The van der Waals surface area contributed by atoms with Gasteiger partial charge < -0.3 is 15.4 Å². The van der Waals surface area contributed by atoms with Crippen molar-refractivity contribution in [3.8, 4) is 5.75 Å². The number of para-hydroxylation sites is 2. The molecule has 0 saturated carbocycles. The van der Waals surface area contributed by atoms with Crippen LogP contribution in [-0.2, 0) is 0 Å². The Kier molecular flexibility index (Phi) is 8.36. The van der Waals surface area contributed by atoms with Gasteiger partial charge in [-0.15, -0.1) is 30.7 Å². The maximum Gasteiger partial charge on any atom is 0.255 e. The van der Waals surface area contributed by atoms with Gasteiger partial charge in [0.05, 0.1) is 24.0 Å². The van der Waals surface area contributed by atoms with Crippen molar-refractivity contribution in [3.63, 3.8) is 0 Å². The van der Waals surface area contributed by atoms with Gasteiger partial charge in [-0.05, 0) is 24.0 Å². The Labute approximate surface area is 181 Å². The zero-order valence-corrected chi connectivity index (χ0v) is 18.0. The third kappa shape index (κ3) is 5.02. The number of hydrogen-bond acceptors (Lipinski definition) is 5. The van der Waals surface area contributed by atoms with E-state index in [9.17, 15) is 4.79 Å². The first-order chi connectivity index (χ1) is 13.7. The lowest BCUT2D eigenvalue weighted by atomic mass is 10.1. The molecule has 1 heterocycles. The number of rotatable bonds is 8. The molecule has 152 valence electrons. The second-order valence-electron chi connectivity index (χ2n) is 5.96. The van der Waals surface area contributed by atoms with Crippen molar-refractivity contribution in [2.24, 2.45) is 0 Å². The summed E-state index contributed by atoms with van der Waals surface area (Å²) in [7, 11) is 1.61. The van der Waals surface area contributed by atoms with E-state index < -0.39 is 0 Å². The van der Waals surface area contributed by atoms with Gasteiger partial charge in [0.15, 0.2) is 0 Å². The standard InChI is InChI=1S/C22H23N3O2S.ClH/c1-4-13-23-22(26)16-14-24-21-15(9-8-11-18(21)27-3)20(16)25-17-10-6-7-12-19(17)28-5-2;/h4,6-12,14H,1,5,13H2,2-3H3,(H,23,26)(H,24,25);1H. The third-order valence-electron chi connectivity index (χ3n) is 4.18. The molecule has 0 spiro atoms. The largest absolute Gasteiger partial charge is 0.494 e. The van der Waals surface area contributed by atoms with Crippen LogP contribution >= 0.6 is 24.2 Å². The summed E-state index contributed by atoms with van der Waals surface area (Å²) in [4.78, 5) is 18.4. The van der Waals surface area contributed by atoms with Gasteiger partial charge >= 0.3 is 0 Å². The fraction of sp³-hybridized carbons (Fsp3) is 0.182. The van der Waals surface area contributed by atoms with Gasteiger partial charge in [-0.2, -0.15) is 0 Å². The molecule has 0 radical (unpaired) electrons. The second kappa shape index (κ2) is 10.7. The number of carbonyl (C=O) groups excluding carboxylic acids is 1. The van der Waals surface area contributed by atoms with Crippen molar-refractivity contribution in [3.05, 3.63) is 66.9 Å². The zero-order chi connectivity index (χ0) is 19.9. The van der Waals surface area contributed by atoms with Crippen LogP contribution < -0.4 is 15.4 Å². The van der Waals surface area contributed by atoms with Crippen LogP contribution in [0.15, 0.2) is 66.2 Å². The maximum atomic E-state index is 12.7. The molecule has 0 aliphatic heterocycles. The normalized spacial score (nSPS) is 10.1. The number of hydrogen-bond donors (Lipinski definition) is 2. The number of fused-ring (bicyclic) bond motifs is 1. The van der Waals surface area contributed by atoms with Gasteiger partial charge in [0.2, 0.25) is 0 Å². The molecule has 1 amide bonds. The van der Waals surface area contributed by atoms with E-state index in [1.54, 1.807) is 31.1 Å². The van der Waals surface area contributed by atoms with Crippen LogP contribution in [-0.4, -0.2) is 30.3 Å². The number of aromatic nitrogens is 1. The van der Waals surface area contributed by atoms with Crippen LogP contribution in [0.3, 0.4) is 0 Å². The Balaban J connectivity index is 0.00000300. The first-order valence-corrected chi connectivity index (χ1v) is 10.0. The Hall–Kier alpha value is -2.70. The summed E-state index contributed by atoms with van der Waals surface area (Å²) in [6.07, 6.45) is 3.23. The van der Waals surface area contributed by atoms with Gasteiger partial charge in [0.1, 0.15) is 11.3 Å². The summed E-state index contributed by atoms with van der Waals surface area (Å²) in [6, 6.07) is 13.8. The Morgan fingerprint density at radius 2 is 2.03 bits per heavy atom. The lowest BCUT2D eigenvalue weighted by Crippen LogP contribution is -2.24. The number of benzene rings is 2. The zero-order valence-electron chi connectivity index (χ0n) is 16.4. The molecule has 7 heteroatoms. The lowest BCUT2D eigenvalue weighted by Gasteiger charge is -2.17. The van der Waals surface area contributed by atoms with Crippen LogP contribution in [0.4, 0.5) is 11.4 Å². The number of nitrogens with one attached hydrogen (secondary N) is 2. The Morgan fingerprint density at radius 3 is 2.76 bits per heavy atom. The van der Waals surface area contributed by atoms with E-state index in [0.717, 1.165) is 21.7 Å². The average molecular weight is 430 g/mol. The van der Waals surface area contributed by atoms with E-state index in [0.29, 0.717) is 29.1 Å². The smallest absolute Gasteiger partial charge is 0.255 e.